The molecule has 4 rings (SSSR count). The predicted octanol–water partition coefficient (Wildman–Crippen LogP) is 7.23. The molecule has 1 aromatic heterocycles. The van der Waals surface area contributed by atoms with Crippen LogP contribution in [0.5, 0.6) is 5.75 Å². The van der Waals surface area contributed by atoms with Gasteiger partial charge in [0.05, 0.1) is 11.6 Å². The maximum atomic E-state index is 14.9. The third-order valence-electron chi connectivity index (χ3n) is 6.24. The molecule has 0 saturated carbocycles. The van der Waals surface area contributed by atoms with Crippen LogP contribution >= 0.6 is 11.3 Å². The van der Waals surface area contributed by atoms with Crippen LogP contribution in [0, 0.1) is 22.6 Å². The molecule has 6 heteroatoms. The molecular weight excluding hydrogens is 449 g/mol. The fourth-order valence-corrected chi connectivity index (χ4v) is 5.48. The molecule has 1 heterocycles. The van der Waals surface area contributed by atoms with Crippen molar-refractivity contribution >= 4 is 22.9 Å². The van der Waals surface area contributed by atoms with Crippen LogP contribution in [0.1, 0.15) is 55.4 Å². The van der Waals surface area contributed by atoms with Crippen molar-refractivity contribution in [3.63, 3.8) is 0 Å². The molecule has 0 radical (unpaired) electrons. The largest absolute Gasteiger partial charge is 0.489 e. The van der Waals surface area contributed by atoms with Crippen LogP contribution < -0.4 is 4.74 Å². The number of carboxylic acid groups (broad SMARTS) is 1. The lowest BCUT2D eigenvalue weighted by molar-refractivity contribution is -0.136. The van der Waals surface area contributed by atoms with E-state index in [2.05, 4.69) is 26.0 Å². The number of hydrogen-bond donors (Lipinski definition) is 1. The first-order valence-electron chi connectivity index (χ1n) is 11.2. The van der Waals surface area contributed by atoms with E-state index >= 15 is 0 Å². The molecule has 0 saturated heterocycles. The van der Waals surface area contributed by atoms with Crippen molar-refractivity contribution in [2.24, 2.45) is 5.41 Å². The second-order valence-corrected chi connectivity index (χ2v) is 10.0. The van der Waals surface area contributed by atoms with Crippen LogP contribution in [0.15, 0.2) is 53.9 Å². The number of aryl methyl sites for hydroxylation is 1. The zero-order chi connectivity index (χ0) is 24.3. The Morgan fingerprint density at radius 3 is 2.79 bits per heavy atom. The number of ether oxygens (including phenoxy) is 1. The number of carbonyl (C=O) groups is 1. The third kappa shape index (κ3) is 5.05. The van der Waals surface area contributed by atoms with E-state index in [4.69, 9.17) is 9.84 Å². The number of thiophene rings is 1. The van der Waals surface area contributed by atoms with Crippen LogP contribution in [-0.4, -0.2) is 11.1 Å². The highest BCUT2D eigenvalue weighted by molar-refractivity contribution is 7.14. The summed E-state index contributed by atoms with van der Waals surface area (Å²) < 4.78 is 21.0. The van der Waals surface area contributed by atoms with Gasteiger partial charge in [-0.3, -0.25) is 4.79 Å². The quantitative estimate of drug-likeness (QED) is 0.373. The number of allylic oxidation sites excluding steroid dienone is 2. The first kappa shape index (κ1) is 23.7. The number of benzene rings is 2. The molecule has 0 fully saturated rings. The molecule has 2 aromatic carbocycles. The average molecular weight is 476 g/mol. The summed E-state index contributed by atoms with van der Waals surface area (Å²) in [7, 11) is 0. The van der Waals surface area contributed by atoms with E-state index in [1.54, 1.807) is 6.07 Å². The minimum atomic E-state index is -0.832. The van der Waals surface area contributed by atoms with E-state index in [9.17, 15) is 14.4 Å². The van der Waals surface area contributed by atoms with Gasteiger partial charge in [0, 0.05) is 28.0 Å². The highest BCUT2D eigenvalue weighted by Crippen LogP contribution is 2.50. The Balaban J connectivity index is 1.69. The smallest absolute Gasteiger partial charge is 0.303 e. The second kappa shape index (κ2) is 9.82. The zero-order valence-corrected chi connectivity index (χ0v) is 20.0. The number of aliphatic carboxylic acids is 1. The molecule has 4 nitrogen and oxygen atoms in total. The van der Waals surface area contributed by atoms with E-state index in [1.807, 2.05) is 29.6 Å². The van der Waals surface area contributed by atoms with Gasteiger partial charge in [-0.2, -0.15) is 5.26 Å². The summed E-state index contributed by atoms with van der Waals surface area (Å²) >= 11 is 1.46. The zero-order valence-electron chi connectivity index (χ0n) is 19.2. The number of halogens is 1. The topological polar surface area (TPSA) is 70.3 Å². The molecule has 0 unspecified atom stereocenters. The molecule has 0 amide bonds. The molecule has 34 heavy (non-hydrogen) atoms. The van der Waals surface area contributed by atoms with Crippen molar-refractivity contribution in [1.82, 2.24) is 0 Å². The lowest BCUT2D eigenvalue weighted by Gasteiger charge is -2.24. The summed E-state index contributed by atoms with van der Waals surface area (Å²) in [6, 6.07) is 14.0. The summed E-state index contributed by atoms with van der Waals surface area (Å²) in [5.74, 6) is -0.516. The number of nitriles is 1. The van der Waals surface area contributed by atoms with Crippen LogP contribution in [0.2, 0.25) is 0 Å². The molecule has 0 spiro atoms. The van der Waals surface area contributed by atoms with Gasteiger partial charge >= 0.3 is 5.97 Å². The van der Waals surface area contributed by atoms with Gasteiger partial charge < -0.3 is 9.84 Å². The first-order chi connectivity index (χ1) is 16.3. The molecule has 174 valence electrons. The monoisotopic (exact) mass is 475 g/mol. The van der Waals surface area contributed by atoms with Crippen molar-refractivity contribution < 1.29 is 19.0 Å². The molecule has 0 aliphatic heterocycles. The SMILES string of the molecule is CC1(C)CCC=C1c1c(COc2cccc(CCC(=O)O)c2)csc1-c1cc(C#N)ccc1F. The molecule has 1 aliphatic carbocycles. The minimum absolute atomic E-state index is 0.0510. The highest BCUT2D eigenvalue weighted by atomic mass is 32.1. The summed E-state index contributed by atoms with van der Waals surface area (Å²) in [5.41, 5.74) is 4.85. The summed E-state index contributed by atoms with van der Waals surface area (Å²) in [4.78, 5) is 11.7. The minimum Gasteiger partial charge on any atom is -0.489 e. The highest BCUT2D eigenvalue weighted by Gasteiger charge is 2.32. The van der Waals surface area contributed by atoms with Gasteiger partial charge in [-0.15, -0.1) is 11.3 Å². The Labute approximate surface area is 202 Å². The molecule has 1 N–H and O–H groups in total. The fraction of sp³-hybridized carbons (Fsp3) is 0.286. The van der Waals surface area contributed by atoms with E-state index < -0.39 is 5.97 Å². The number of carboxylic acids is 1. The number of rotatable bonds is 8. The van der Waals surface area contributed by atoms with E-state index in [-0.39, 0.29) is 17.7 Å². The van der Waals surface area contributed by atoms with Crippen molar-refractivity contribution in [2.75, 3.05) is 0 Å². The molecule has 1 aliphatic rings. The van der Waals surface area contributed by atoms with E-state index in [1.165, 1.54) is 29.0 Å². The van der Waals surface area contributed by atoms with Crippen LogP contribution in [0.4, 0.5) is 4.39 Å². The van der Waals surface area contributed by atoms with Gasteiger partial charge in [0.15, 0.2) is 0 Å². The standard InChI is InChI=1S/C28H26FNO3S/c1-28(2)12-4-7-23(28)26-20(16-33-21-6-3-5-18(13-21)9-11-25(31)32)17-34-27(26)22-14-19(15-30)8-10-24(22)29/h3,5-8,10,13-14,17H,4,9,11-12,16H2,1-2H3,(H,31,32). The van der Waals surface area contributed by atoms with Gasteiger partial charge in [-0.1, -0.05) is 32.1 Å². The maximum absolute atomic E-state index is 14.9. The first-order valence-corrected chi connectivity index (χ1v) is 12.1. The number of hydrogen-bond acceptors (Lipinski definition) is 4. The van der Waals surface area contributed by atoms with Crippen molar-refractivity contribution in [1.29, 1.82) is 5.26 Å². The Morgan fingerprint density at radius 2 is 2.09 bits per heavy atom. The van der Waals surface area contributed by atoms with Crippen LogP contribution in [0.25, 0.3) is 16.0 Å². The predicted molar refractivity (Wildman–Crippen MR) is 132 cm³/mol. The summed E-state index contributed by atoms with van der Waals surface area (Å²) in [5, 5.41) is 20.3. The molecular formula is C28H26FNO3S. The fourth-order valence-electron chi connectivity index (χ4n) is 4.39. The van der Waals surface area contributed by atoms with Gasteiger partial charge in [0.2, 0.25) is 0 Å². The van der Waals surface area contributed by atoms with Crippen molar-refractivity contribution in [2.45, 2.75) is 46.1 Å². The van der Waals surface area contributed by atoms with Gasteiger partial charge in [0.25, 0.3) is 0 Å². The Morgan fingerprint density at radius 1 is 1.26 bits per heavy atom. The van der Waals surface area contributed by atoms with Gasteiger partial charge in [-0.05, 0) is 71.5 Å². The third-order valence-corrected chi connectivity index (χ3v) is 7.31. The average Bonchev–Trinajstić information content (AvgIpc) is 3.38. The maximum Gasteiger partial charge on any atom is 0.303 e. The van der Waals surface area contributed by atoms with E-state index in [0.717, 1.165) is 34.4 Å². The number of nitrogens with zero attached hydrogens (tertiary/aromatic N) is 1. The lowest BCUT2D eigenvalue weighted by Crippen LogP contribution is -2.11. The normalized spacial score (nSPS) is 14.5. The van der Waals surface area contributed by atoms with Crippen molar-refractivity contribution in [3.05, 3.63) is 82.0 Å². The Hall–Kier alpha value is -3.43. The molecule has 3 aromatic rings. The van der Waals surface area contributed by atoms with Crippen LogP contribution in [-0.2, 0) is 17.8 Å². The van der Waals surface area contributed by atoms with Crippen LogP contribution in [0.3, 0.4) is 0 Å². The van der Waals surface area contributed by atoms with Crippen molar-refractivity contribution in [3.8, 4) is 22.3 Å². The summed E-state index contributed by atoms with van der Waals surface area (Å²) in [6.07, 6.45) is 4.72. The van der Waals surface area contributed by atoms with Gasteiger partial charge in [0.1, 0.15) is 18.2 Å². The second-order valence-electron chi connectivity index (χ2n) is 9.14. The Kier molecular flexibility index (Phi) is 6.85. The summed E-state index contributed by atoms with van der Waals surface area (Å²) in [6.45, 7) is 4.71. The lowest BCUT2D eigenvalue weighted by atomic mass is 9.80. The molecule has 0 bridgehead atoms. The van der Waals surface area contributed by atoms with Gasteiger partial charge in [-0.25, -0.2) is 4.39 Å². The molecule has 0 atom stereocenters. The van der Waals surface area contributed by atoms with E-state index in [0.29, 0.717) is 29.9 Å². The Bertz CT molecular complexity index is 1300.